The fourth-order valence-electron chi connectivity index (χ4n) is 0.825. The molecular weight excluding hydrogens is 152 g/mol. The lowest BCUT2D eigenvalue weighted by Crippen LogP contribution is -2.39. The summed E-state index contributed by atoms with van der Waals surface area (Å²) in [6, 6.07) is 3.90. The van der Waals surface area contributed by atoms with Gasteiger partial charge in [-0.2, -0.15) is 4.73 Å². The quantitative estimate of drug-likeness (QED) is 0.603. The zero-order valence-corrected chi connectivity index (χ0v) is 8.03. The Kier molecular flexibility index (Phi) is 2.76. The molecule has 3 nitrogen and oxygen atoms in total. The molecule has 0 N–H and O–H groups in total. The molecule has 0 saturated heterocycles. The lowest BCUT2D eigenvalue weighted by Gasteiger charge is -2.23. The van der Waals surface area contributed by atoms with Crippen LogP contribution in [-0.2, 0) is 0 Å². The van der Waals surface area contributed by atoms with E-state index in [0.29, 0.717) is 0 Å². The second-order valence-corrected chi connectivity index (χ2v) is 3.89. The van der Waals surface area contributed by atoms with E-state index in [1.165, 1.54) is 0 Å². The van der Waals surface area contributed by atoms with Gasteiger partial charge in [0.05, 0.1) is 21.1 Å². The van der Waals surface area contributed by atoms with Gasteiger partial charge in [0.2, 0.25) is 0 Å². The Morgan fingerprint density at radius 3 is 2.25 bits per heavy atom. The van der Waals surface area contributed by atoms with Gasteiger partial charge in [-0.3, -0.25) is 0 Å². The molecule has 0 saturated carbocycles. The van der Waals surface area contributed by atoms with Crippen LogP contribution >= 0.6 is 0 Å². The van der Waals surface area contributed by atoms with Gasteiger partial charge in [0, 0.05) is 12.4 Å². The molecule has 0 atom stereocenters. The normalized spacial score (nSPS) is 11.6. The summed E-state index contributed by atoms with van der Waals surface area (Å²) in [6.45, 7) is 1.76. The van der Waals surface area contributed by atoms with Crippen LogP contribution in [-0.4, -0.2) is 43.5 Å². The topological polar surface area (TPSA) is 14.2 Å². The molecule has 1 aromatic rings. The number of hydrogen-bond donors (Lipinski definition) is 0. The number of aromatic nitrogens is 1. The van der Waals surface area contributed by atoms with Gasteiger partial charge in [0.15, 0.2) is 6.61 Å². The van der Waals surface area contributed by atoms with Gasteiger partial charge in [0.25, 0.3) is 0 Å². The molecule has 0 aliphatic heterocycles. The van der Waals surface area contributed by atoms with E-state index >= 15 is 0 Å². The fourth-order valence-corrected chi connectivity index (χ4v) is 0.825. The van der Waals surface area contributed by atoms with Gasteiger partial charge in [-0.05, 0) is 12.1 Å². The minimum atomic E-state index is 0.748. The van der Waals surface area contributed by atoms with Gasteiger partial charge in [0.1, 0.15) is 6.54 Å². The van der Waals surface area contributed by atoms with Gasteiger partial charge in [-0.15, -0.1) is 0 Å². The molecule has 0 amide bonds. The molecule has 0 aliphatic rings. The standard InChI is InChI=1S/C9H17N2O/c1-11(2,3)8-9-12-10-6-4-5-7-10/h4-7H,8-9H2,1-3H3/q+1. The first-order valence-corrected chi connectivity index (χ1v) is 4.15. The zero-order valence-electron chi connectivity index (χ0n) is 8.03. The molecule has 0 radical (unpaired) electrons. The Morgan fingerprint density at radius 2 is 1.75 bits per heavy atom. The number of nitrogens with zero attached hydrogens (tertiary/aromatic N) is 2. The molecule has 1 aromatic heterocycles. The van der Waals surface area contributed by atoms with Crippen LogP contribution in [0, 0.1) is 0 Å². The maximum absolute atomic E-state index is 5.42. The minimum absolute atomic E-state index is 0.748. The average molecular weight is 169 g/mol. The summed E-state index contributed by atoms with van der Waals surface area (Å²) >= 11 is 0. The SMILES string of the molecule is C[N+](C)(C)CCOn1cccc1. The minimum Gasteiger partial charge on any atom is -0.408 e. The van der Waals surface area contributed by atoms with E-state index in [2.05, 4.69) is 21.1 Å². The van der Waals surface area contributed by atoms with Crippen molar-refractivity contribution < 1.29 is 9.32 Å². The van der Waals surface area contributed by atoms with Crippen molar-refractivity contribution in [3.8, 4) is 0 Å². The Hall–Kier alpha value is -0.960. The van der Waals surface area contributed by atoms with Crippen molar-refractivity contribution >= 4 is 0 Å². The van der Waals surface area contributed by atoms with E-state index in [-0.39, 0.29) is 0 Å². The maximum atomic E-state index is 5.42. The van der Waals surface area contributed by atoms with Gasteiger partial charge in [-0.25, -0.2) is 0 Å². The first-order chi connectivity index (χ1) is 5.58. The fraction of sp³-hybridized carbons (Fsp3) is 0.556. The van der Waals surface area contributed by atoms with Crippen LogP contribution in [0.15, 0.2) is 24.5 Å². The van der Waals surface area contributed by atoms with Crippen molar-refractivity contribution in [3.05, 3.63) is 24.5 Å². The van der Waals surface area contributed by atoms with E-state index in [1.807, 2.05) is 24.5 Å². The summed E-state index contributed by atoms with van der Waals surface area (Å²) in [7, 11) is 6.46. The highest BCUT2D eigenvalue weighted by Gasteiger charge is 2.05. The highest BCUT2D eigenvalue weighted by Crippen LogP contribution is 1.89. The lowest BCUT2D eigenvalue weighted by atomic mass is 10.5. The van der Waals surface area contributed by atoms with Crippen molar-refractivity contribution in [3.63, 3.8) is 0 Å². The molecule has 12 heavy (non-hydrogen) atoms. The number of rotatable bonds is 4. The summed E-state index contributed by atoms with van der Waals surface area (Å²) in [5.41, 5.74) is 0. The van der Waals surface area contributed by atoms with Crippen molar-refractivity contribution in [1.29, 1.82) is 0 Å². The van der Waals surface area contributed by atoms with Crippen molar-refractivity contribution in [2.75, 3.05) is 34.3 Å². The third kappa shape index (κ3) is 3.44. The molecule has 0 aromatic carbocycles. The second-order valence-electron chi connectivity index (χ2n) is 3.89. The summed E-state index contributed by atoms with van der Waals surface area (Å²) in [5.74, 6) is 0. The monoisotopic (exact) mass is 169 g/mol. The Bertz CT molecular complexity index is 211. The highest BCUT2D eigenvalue weighted by atomic mass is 16.7. The molecule has 0 bridgehead atoms. The van der Waals surface area contributed by atoms with Crippen molar-refractivity contribution in [2.45, 2.75) is 0 Å². The van der Waals surface area contributed by atoms with E-state index in [0.717, 1.165) is 17.6 Å². The zero-order chi connectivity index (χ0) is 9.03. The second kappa shape index (κ2) is 3.63. The predicted molar refractivity (Wildman–Crippen MR) is 48.8 cm³/mol. The van der Waals surface area contributed by atoms with Crippen molar-refractivity contribution in [1.82, 2.24) is 4.73 Å². The summed E-state index contributed by atoms with van der Waals surface area (Å²) in [6.07, 6.45) is 3.80. The van der Waals surface area contributed by atoms with Crippen LogP contribution in [0.25, 0.3) is 0 Å². The van der Waals surface area contributed by atoms with Gasteiger partial charge in [-0.1, -0.05) is 0 Å². The third-order valence-electron chi connectivity index (χ3n) is 1.58. The molecule has 3 heteroatoms. The molecule has 0 unspecified atom stereocenters. The van der Waals surface area contributed by atoms with E-state index in [1.54, 1.807) is 4.73 Å². The van der Waals surface area contributed by atoms with Crippen LogP contribution in [0.3, 0.4) is 0 Å². The lowest BCUT2D eigenvalue weighted by molar-refractivity contribution is -0.870. The largest absolute Gasteiger partial charge is 0.408 e. The maximum Gasteiger partial charge on any atom is 0.163 e. The van der Waals surface area contributed by atoms with Crippen LogP contribution in [0.2, 0.25) is 0 Å². The van der Waals surface area contributed by atoms with E-state index < -0.39 is 0 Å². The summed E-state index contributed by atoms with van der Waals surface area (Å²) in [4.78, 5) is 5.42. The summed E-state index contributed by atoms with van der Waals surface area (Å²) in [5, 5.41) is 0. The predicted octanol–water partition coefficient (Wildman–Crippen LogP) is 0.623. The Balaban J connectivity index is 2.20. The Morgan fingerprint density at radius 1 is 1.17 bits per heavy atom. The molecular formula is C9H17N2O+. The van der Waals surface area contributed by atoms with Crippen molar-refractivity contribution in [2.24, 2.45) is 0 Å². The van der Waals surface area contributed by atoms with Crippen LogP contribution in [0.5, 0.6) is 0 Å². The molecule has 68 valence electrons. The van der Waals surface area contributed by atoms with Gasteiger partial charge < -0.3 is 9.32 Å². The van der Waals surface area contributed by atoms with Crippen LogP contribution in [0.1, 0.15) is 0 Å². The summed E-state index contributed by atoms with van der Waals surface area (Å²) < 4.78 is 2.66. The van der Waals surface area contributed by atoms with Crippen LogP contribution in [0.4, 0.5) is 0 Å². The molecule has 0 spiro atoms. The molecule has 0 fully saturated rings. The van der Waals surface area contributed by atoms with Gasteiger partial charge >= 0.3 is 0 Å². The molecule has 0 aliphatic carbocycles. The first kappa shape index (κ1) is 9.13. The Labute approximate surface area is 73.7 Å². The molecule has 1 rings (SSSR count). The molecule has 1 heterocycles. The number of likely N-dealkylation sites (N-methyl/N-ethyl adjacent to an activating group) is 1. The number of quaternary nitrogens is 1. The highest BCUT2D eigenvalue weighted by molar-refractivity contribution is 4.87. The number of hydrogen-bond acceptors (Lipinski definition) is 1. The van der Waals surface area contributed by atoms with E-state index in [9.17, 15) is 0 Å². The third-order valence-corrected chi connectivity index (χ3v) is 1.58. The average Bonchev–Trinajstić information content (AvgIpc) is 2.36. The first-order valence-electron chi connectivity index (χ1n) is 4.15. The van der Waals surface area contributed by atoms with Crippen LogP contribution < -0.4 is 4.84 Å². The van der Waals surface area contributed by atoms with E-state index in [4.69, 9.17) is 4.84 Å². The smallest absolute Gasteiger partial charge is 0.163 e.